The van der Waals surface area contributed by atoms with Crippen LogP contribution in [0.15, 0.2) is 46.9 Å². The van der Waals surface area contributed by atoms with Gasteiger partial charge in [-0.25, -0.2) is 0 Å². The Morgan fingerprint density at radius 2 is 2.08 bits per heavy atom. The molecular weight excluding hydrogens is 388 g/mol. The van der Waals surface area contributed by atoms with Crippen LogP contribution in [-0.4, -0.2) is 30.0 Å². The first kappa shape index (κ1) is 16.0. The molecule has 0 radical (unpaired) electrons. The molecule has 6 heteroatoms. The fraction of sp³-hybridized carbons (Fsp3) is 0.278. The van der Waals surface area contributed by atoms with Crippen LogP contribution in [0.1, 0.15) is 16.7 Å². The van der Waals surface area contributed by atoms with Crippen molar-refractivity contribution in [3.05, 3.63) is 63.6 Å². The molecule has 1 saturated heterocycles. The van der Waals surface area contributed by atoms with E-state index >= 15 is 0 Å². The van der Waals surface area contributed by atoms with Crippen molar-refractivity contribution < 1.29 is 9.53 Å². The molecule has 4 rings (SSSR count). The van der Waals surface area contributed by atoms with Gasteiger partial charge in [-0.15, -0.1) is 12.6 Å². The fourth-order valence-electron chi connectivity index (χ4n) is 3.45. The van der Waals surface area contributed by atoms with E-state index in [4.69, 9.17) is 4.74 Å². The predicted molar refractivity (Wildman–Crippen MR) is 99.2 cm³/mol. The number of nitrogens with zero attached hydrogens (tertiary/aromatic N) is 1. The van der Waals surface area contributed by atoms with Gasteiger partial charge in [0, 0.05) is 17.9 Å². The molecule has 24 heavy (non-hydrogen) atoms. The summed E-state index contributed by atoms with van der Waals surface area (Å²) in [7, 11) is 1.77. The molecule has 0 bridgehead atoms. The van der Waals surface area contributed by atoms with Crippen LogP contribution in [0.3, 0.4) is 0 Å². The molecule has 0 aliphatic carbocycles. The first-order chi connectivity index (χ1) is 11.5. The quantitative estimate of drug-likeness (QED) is 0.756. The third-order valence-electron chi connectivity index (χ3n) is 4.73. The zero-order chi connectivity index (χ0) is 16.9. The smallest absolute Gasteiger partial charge is 0.253 e. The van der Waals surface area contributed by atoms with Crippen LogP contribution in [0.2, 0.25) is 0 Å². The molecule has 2 aliphatic rings. The minimum atomic E-state index is -0.942. The second-order valence-corrected chi connectivity index (χ2v) is 7.52. The second kappa shape index (κ2) is 5.79. The van der Waals surface area contributed by atoms with Gasteiger partial charge in [-0.05, 0) is 41.0 Å². The van der Waals surface area contributed by atoms with Gasteiger partial charge in [-0.2, -0.15) is 0 Å². The molecule has 2 aromatic carbocycles. The number of ether oxygens (including phenoxy) is 1. The highest BCUT2D eigenvalue weighted by Crippen LogP contribution is 2.40. The molecule has 0 aromatic heterocycles. The molecule has 0 spiro atoms. The Hall–Kier alpha value is -1.50. The molecule has 2 atom stereocenters. The molecular formula is C18H17BrN2O2S. The number of benzene rings is 2. The van der Waals surface area contributed by atoms with Crippen LogP contribution in [0, 0.1) is 0 Å². The van der Waals surface area contributed by atoms with Crippen LogP contribution in [0.5, 0.6) is 5.75 Å². The van der Waals surface area contributed by atoms with E-state index in [1.165, 1.54) is 0 Å². The SMILES string of the molecule is CN1C(=O)C(c2cccc(Br)c2)(c2ccc3c(c2)CCO3)NC1S. The largest absolute Gasteiger partial charge is 0.493 e. The van der Waals surface area contributed by atoms with Crippen molar-refractivity contribution >= 4 is 34.5 Å². The summed E-state index contributed by atoms with van der Waals surface area (Å²) in [5, 5.41) is 3.40. The molecule has 2 heterocycles. The zero-order valence-electron chi connectivity index (χ0n) is 13.1. The van der Waals surface area contributed by atoms with Gasteiger partial charge in [0.2, 0.25) is 0 Å². The standard InChI is InChI=1S/C18H17BrN2O2S/c1-21-16(22)18(20-17(21)24,12-3-2-4-14(19)10-12)13-5-6-15-11(9-13)7-8-23-15/h2-6,9-10,17,20,24H,7-8H2,1H3. The minimum absolute atomic E-state index is 0.0144. The number of amides is 1. The van der Waals surface area contributed by atoms with Gasteiger partial charge in [0.1, 0.15) is 11.2 Å². The van der Waals surface area contributed by atoms with Crippen molar-refractivity contribution in [2.45, 2.75) is 17.5 Å². The van der Waals surface area contributed by atoms with Crippen molar-refractivity contribution in [2.75, 3.05) is 13.7 Å². The molecule has 1 N–H and O–H groups in total. The second-order valence-electron chi connectivity index (χ2n) is 6.12. The third kappa shape index (κ3) is 2.28. The summed E-state index contributed by atoms with van der Waals surface area (Å²) in [6.07, 6.45) is 0.867. The number of hydrogen-bond acceptors (Lipinski definition) is 4. The summed E-state index contributed by atoms with van der Waals surface area (Å²) in [5.41, 5.74) is 1.66. The topological polar surface area (TPSA) is 41.6 Å². The van der Waals surface area contributed by atoms with Gasteiger partial charge < -0.3 is 9.64 Å². The summed E-state index contributed by atoms with van der Waals surface area (Å²) < 4.78 is 6.54. The van der Waals surface area contributed by atoms with E-state index < -0.39 is 5.54 Å². The number of thiol groups is 1. The number of fused-ring (bicyclic) bond motifs is 1. The lowest BCUT2D eigenvalue weighted by atomic mass is 9.82. The number of nitrogens with one attached hydrogen (secondary N) is 1. The van der Waals surface area contributed by atoms with Crippen LogP contribution in [-0.2, 0) is 16.8 Å². The maximum absolute atomic E-state index is 13.2. The number of carbonyl (C=O) groups excluding carboxylic acids is 1. The summed E-state index contributed by atoms with van der Waals surface area (Å²) in [6, 6.07) is 13.8. The van der Waals surface area contributed by atoms with Gasteiger partial charge in [-0.3, -0.25) is 10.1 Å². The number of likely N-dealkylation sites (N-methyl/N-ethyl adjacent to an activating group) is 1. The molecule has 1 amide bonds. The summed E-state index contributed by atoms with van der Waals surface area (Å²) >= 11 is 8.04. The van der Waals surface area contributed by atoms with Crippen LogP contribution in [0.25, 0.3) is 0 Å². The van der Waals surface area contributed by atoms with E-state index in [0.29, 0.717) is 6.61 Å². The highest BCUT2D eigenvalue weighted by Gasteiger charge is 2.51. The van der Waals surface area contributed by atoms with Crippen molar-refractivity contribution in [1.82, 2.24) is 10.2 Å². The zero-order valence-corrected chi connectivity index (χ0v) is 15.6. The number of halogens is 1. The molecule has 4 nitrogen and oxygen atoms in total. The lowest BCUT2D eigenvalue weighted by Crippen LogP contribution is -2.45. The van der Waals surface area contributed by atoms with Crippen LogP contribution in [0.4, 0.5) is 0 Å². The first-order valence-corrected chi connectivity index (χ1v) is 9.08. The van der Waals surface area contributed by atoms with Crippen molar-refractivity contribution in [3.63, 3.8) is 0 Å². The normalized spacial score (nSPS) is 25.7. The number of rotatable bonds is 2. The Morgan fingerprint density at radius 1 is 1.29 bits per heavy atom. The van der Waals surface area contributed by atoms with Gasteiger partial charge >= 0.3 is 0 Å². The average molecular weight is 405 g/mol. The Labute approximate surface area is 154 Å². The lowest BCUT2D eigenvalue weighted by molar-refractivity contribution is -0.130. The Kier molecular flexibility index (Phi) is 3.86. The Balaban J connectivity index is 1.93. The summed E-state index contributed by atoms with van der Waals surface area (Å²) in [4.78, 5) is 14.9. The summed E-state index contributed by atoms with van der Waals surface area (Å²) in [6.45, 7) is 0.694. The van der Waals surface area contributed by atoms with E-state index in [0.717, 1.165) is 33.3 Å². The highest BCUT2D eigenvalue weighted by molar-refractivity contribution is 9.10. The molecule has 2 aromatic rings. The molecule has 1 fully saturated rings. The number of carbonyl (C=O) groups is 1. The van der Waals surface area contributed by atoms with Gasteiger partial charge in [0.05, 0.1) is 6.61 Å². The average Bonchev–Trinajstić information content (AvgIpc) is 3.13. The van der Waals surface area contributed by atoms with E-state index in [9.17, 15) is 4.79 Å². The molecule has 2 unspecified atom stereocenters. The highest BCUT2D eigenvalue weighted by atomic mass is 79.9. The number of hydrogen-bond donors (Lipinski definition) is 2. The summed E-state index contributed by atoms with van der Waals surface area (Å²) in [5.74, 6) is 0.892. The van der Waals surface area contributed by atoms with Gasteiger partial charge in [0.15, 0.2) is 5.54 Å². The van der Waals surface area contributed by atoms with E-state index in [2.05, 4.69) is 39.9 Å². The Morgan fingerprint density at radius 3 is 2.79 bits per heavy atom. The van der Waals surface area contributed by atoms with E-state index in [1.54, 1.807) is 11.9 Å². The van der Waals surface area contributed by atoms with Crippen LogP contribution >= 0.6 is 28.6 Å². The molecule has 124 valence electrons. The predicted octanol–water partition coefficient (Wildman–Crippen LogP) is 2.90. The van der Waals surface area contributed by atoms with E-state index in [1.807, 2.05) is 36.4 Å². The molecule has 0 saturated carbocycles. The van der Waals surface area contributed by atoms with Crippen molar-refractivity contribution in [2.24, 2.45) is 0 Å². The third-order valence-corrected chi connectivity index (χ3v) is 5.70. The first-order valence-electron chi connectivity index (χ1n) is 7.77. The molecule has 2 aliphatic heterocycles. The van der Waals surface area contributed by atoms with E-state index in [-0.39, 0.29) is 11.4 Å². The Bertz CT molecular complexity index is 828. The lowest BCUT2D eigenvalue weighted by Gasteiger charge is -2.29. The van der Waals surface area contributed by atoms with Crippen molar-refractivity contribution in [3.8, 4) is 5.75 Å². The van der Waals surface area contributed by atoms with Crippen molar-refractivity contribution in [1.29, 1.82) is 0 Å². The van der Waals surface area contributed by atoms with Crippen LogP contribution < -0.4 is 10.1 Å². The van der Waals surface area contributed by atoms with Gasteiger partial charge in [-0.1, -0.05) is 34.1 Å². The monoisotopic (exact) mass is 404 g/mol. The maximum atomic E-state index is 13.2. The maximum Gasteiger partial charge on any atom is 0.253 e. The fourth-order valence-corrected chi connectivity index (χ4v) is 4.15. The van der Waals surface area contributed by atoms with Gasteiger partial charge in [0.25, 0.3) is 5.91 Å². The minimum Gasteiger partial charge on any atom is -0.493 e.